The van der Waals surface area contributed by atoms with E-state index in [-0.39, 0.29) is 0 Å². The summed E-state index contributed by atoms with van der Waals surface area (Å²) in [6.07, 6.45) is 6.09. The molecule has 1 fully saturated rings. The lowest BCUT2D eigenvalue weighted by Gasteiger charge is -2.16. The average molecular weight is 259 g/mol. The first-order valence-electron chi connectivity index (χ1n) is 6.64. The number of nitrogens with two attached hydrogens (primary N) is 1. The molecule has 0 amide bonds. The molecule has 1 aliphatic rings. The zero-order valence-electron chi connectivity index (χ0n) is 11.2. The summed E-state index contributed by atoms with van der Waals surface area (Å²) in [5.74, 6) is 1.49. The molecule has 2 heterocycles. The number of nitrogens with one attached hydrogen (secondary N) is 1. The summed E-state index contributed by atoms with van der Waals surface area (Å²) in [6.45, 7) is 7.02. The SMILES string of the molecule is C=CCNC(N)=NCc1ccnc(N2CCCC2)c1. The zero-order valence-corrected chi connectivity index (χ0v) is 11.2. The van der Waals surface area contributed by atoms with Gasteiger partial charge in [0.05, 0.1) is 6.54 Å². The summed E-state index contributed by atoms with van der Waals surface area (Å²) in [7, 11) is 0. The highest BCUT2D eigenvalue weighted by atomic mass is 15.2. The van der Waals surface area contributed by atoms with Gasteiger partial charge in [-0.3, -0.25) is 0 Å². The van der Waals surface area contributed by atoms with E-state index in [1.165, 1.54) is 12.8 Å². The lowest BCUT2D eigenvalue weighted by atomic mass is 10.2. The Bertz CT molecular complexity index is 449. The van der Waals surface area contributed by atoms with Gasteiger partial charge in [-0.1, -0.05) is 6.08 Å². The number of guanidine groups is 1. The Kier molecular flexibility index (Phi) is 4.78. The number of aliphatic imine (C=N–C) groups is 1. The molecule has 0 spiro atoms. The van der Waals surface area contributed by atoms with E-state index in [1.54, 1.807) is 6.08 Å². The maximum absolute atomic E-state index is 5.73. The highest BCUT2D eigenvalue weighted by molar-refractivity contribution is 5.77. The predicted molar refractivity (Wildman–Crippen MR) is 79.2 cm³/mol. The van der Waals surface area contributed by atoms with E-state index in [9.17, 15) is 0 Å². The summed E-state index contributed by atoms with van der Waals surface area (Å²) < 4.78 is 0. The van der Waals surface area contributed by atoms with Gasteiger partial charge >= 0.3 is 0 Å². The Morgan fingerprint density at radius 3 is 3.05 bits per heavy atom. The summed E-state index contributed by atoms with van der Waals surface area (Å²) in [5.41, 5.74) is 6.86. The zero-order chi connectivity index (χ0) is 13.5. The molecule has 0 atom stereocenters. The highest BCUT2D eigenvalue weighted by Gasteiger charge is 2.13. The quantitative estimate of drug-likeness (QED) is 0.475. The number of rotatable bonds is 5. The Morgan fingerprint density at radius 2 is 2.32 bits per heavy atom. The monoisotopic (exact) mass is 259 g/mol. The Balaban J connectivity index is 1.96. The van der Waals surface area contributed by atoms with Crippen LogP contribution in [-0.2, 0) is 6.54 Å². The molecule has 3 N–H and O–H groups in total. The molecule has 0 aromatic carbocycles. The Labute approximate surface area is 114 Å². The number of aromatic nitrogens is 1. The van der Waals surface area contributed by atoms with E-state index >= 15 is 0 Å². The first kappa shape index (κ1) is 13.4. The van der Waals surface area contributed by atoms with Crippen molar-refractivity contribution in [2.45, 2.75) is 19.4 Å². The summed E-state index contributed by atoms with van der Waals surface area (Å²) in [6, 6.07) is 4.07. The fourth-order valence-electron chi connectivity index (χ4n) is 2.09. The van der Waals surface area contributed by atoms with Crippen molar-refractivity contribution < 1.29 is 0 Å². The summed E-state index contributed by atoms with van der Waals surface area (Å²) in [4.78, 5) is 11.0. The van der Waals surface area contributed by atoms with Crippen LogP contribution in [0, 0.1) is 0 Å². The van der Waals surface area contributed by atoms with Crippen LogP contribution in [0.3, 0.4) is 0 Å². The van der Waals surface area contributed by atoms with Crippen LogP contribution >= 0.6 is 0 Å². The van der Waals surface area contributed by atoms with Gasteiger partial charge in [0.1, 0.15) is 5.82 Å². The summed E-state index contributed by atoms with van der Waals surface area (Å²) >= 11 is 0. The molecule has 1 aromatic heterocycles. The first-order chi connectivity index (χ1) is 9.29. The van der Waals surface area contributed by atoms with E-state index in [2.05, 4.69) is 32.8 Å². The molecule has 1 saturated heterocycles. The Hall–Kier alpha value is -2.04. The lowest BCUT2D eigenvalue weighted by Crippen LogP contribution is -2.31. The standard InChI is InChI=1S/C14H21N5/c1-2-6-17-14(15)18-11-12-5-7-16-13(10-12)19-8-3-4-9-19/h2,5,7,10H,1,3-4,6,8-9,11H2,(H3,15,17,18). The van der Waals surface area contributed by atoms with E-state index in [1.807, 2.05) is 12.3 Å². The maximum Gasteiger partial charge on any atom is 0.189 e. The molecular weight excluding hydrogens is 238 g/mol. The van der Waals surface area contributed by atoms with Crippen molar-refractivity contribution in [1.29, 1.82) is 0 Å². The van der Waals surface area contributed by atoms with Gasteiger partial charge in [-0.15, -0.1) is 6.58 Å². The molecule has 0 bridgehead atoms. The lowest BCUT2D eigenvalue weighted by molar-refractivity contribution is 0.923. The number of hydrogen-bond donors (Lipinski definition) is 2. The number of nitrogens with zero attached hydrogens (tertiary/aromatic N) is 3. The minimum absolute atomic E-state index is 0.444. The van der Waals surface area contributed by atoms with Crippen molar-refractivity contribution >= 4 is 11.8 Å². The molecule has 2 rings (SSSR count). The second-order valence-corrected chi connectivity index (χ2v) is 4.59. The highest BCUT2D eigenvalue weighted by Crippen LogP contribution is 2.18. The van der Waals surface area contributed by atoms with Gasteiger partial charge in [-0.2, -0.15) is 0 Å². The van der Waals surface area contributed by atoms with Gasteiger partial charge in [-0.05, 0) is 30.5 Å². The van der Waals surface area contributed by atoms with Crippen molar-refractivity contribution in [2.24, 2.45) is 10.7 Å². The van der Waals surface area contributed by atoms with Crippen molar-refractivity contribution in [1.82, 2.24) is 10.3 Å². The van der Waals surface area contributed by atoms with Crippen LogP contribution in [0.25, 0.3) is 0 Å². The number of hydrogen-bond acceptors (Lipinski definition) is 3. The van der Waals surface area contributed by atoms with Crippen molar-refractivity contribution in [3.8, 4) is 0 Å². The topological polar surface area (TPSA) is 66.5 Å². The fourth-order valence-corrected chi connectivity index (χ4v) is 2.09. The van der Waals surface area contributed by atoms with E-state index < -0.39 is 0 Å². The largest absolute Gasteiger partial charge is 0.370 e. The van der Waals surface area contributed by atoms with Crippen LogP contribution in [0.1, 0.15) is 18.4 Å². The van der Waals surface area contributed by atoms with Gasteiger partial charge < -0.3 is 16.0 Å². The van der Waals surface area contributed by atoms with Crippen LogP contribution in [0.15, 0.2) is 36.0 Å². The molecule has 0 radical (unpaired) electrons. The minimum atomic E-state index is 0.444. The van der Waals surface area contributed by atoms with E-state index in [0.29, 0.717) is 19.0 Å². The molecule has 5 nitrogen and oxygen atoms in total. The second kappa shape index (κ2) is 6.78. The number of pyridine rings is 1. The van der Waals surface area contributed by atoms with Crippen LogP contribution in [0.5, 0.6) is 0 Å². The van der Waals surface area contributed by atoms with Gasteiger partial charge in [0.25, 0.3) is 0 Å². The van der Waals surface area contributed by atoms with Crippen LogP contribution in [-0.4, -0.2) is 30.6 Å². The molecule has 102 valence electrons. The van der Waals surface area contributed by atoms with Gasteiger partial charge in [0.15, 0.2) is 5.96 Å². The minimum Gasteiger partial charge on any atom is -0.370 e. The van der Waals surface area contributed by atoms with Crippen molar-refractivity contribution in [2.75, 3.05) is 24.5 Å². The maximum atomic E-state index is 5.73. The van der Waals surface area contributed by atoms with Gasteiger partial charge in [-0.25, -0.2) is 9.98 Å². The third kappa shape index (κ3) is 3.98. The molecule has 0 saturated carbocycles. The second-order valence-electron chi connectivity index (χ2n) is 4.59. The Morgan fingerprint density at radius 1 is 1.53 bits per heavy atom. The smallest absolute Gasteiger partial charge is 0.189 e. The van der Waals surface area contributed by atoms with E-state index in [0.717, 1.165) is 24.5 Å². The van der Waals surface area contributed by atoms with Crippen LogP contribution in [0.2, 0.25) is 0 Å². The molecule has 5 heteroatoms. The molecule has 1 aliphatic heterocycles. The van der Waals surface area contributed by atoms with Crippen LogP contribution in [0.4, 0.5) is 5.82 Å². The fraction of sp³-hybridized carbons (Fsp3) is 0.429. The van der Waals surface area contributed by atoms with Crippen molar-refractivity contribution in [3.63, 3.8) is 0 Å². The molecule has 0 unspecified atom stereocenters. The molecule has 19 heavy (non-hydrogen) atoms. The van der Waals surface area contributed by atoms with E-state index in [4.69, 9.17) is 5.73 Å². The van der Waals surface area contributed by atoms with Crippen molar-refractivity contribution in [3.05, 3.63) is 36.5 Å². The predicted octanol–water partition coefficient (Wildman–Crippen LogP) is 1.27. The normalized spacial score (nSPS) is 15.6. The van der Waals surface area contributed by atoms with Gasteiger partial charge in [0, 0.05) is 25.8 Å². The van der Waals surface area contributed by atoms with Crippen LogP contribution < -0.4 is 16.0 Å². The van der Waals surface area contributed by atoms with Gasteiger partial charge in [0.2, 0.25) is 0 Å². The molecular formula is C14H21N5. The first-order valence-corrected chi connectivity index (χ1v) is 6.64. The molecule has 0 aliphatic carbocycles. The summed E-state index contributed by atoms with van der Waals surface area (Å²) in [5, 5.41) is 2.96. The third-order valence-electron chi connectivity index (χ3n) is 3.10. The average Bonchev–Trinajstić information content (AvgIpc) is 2.97. The molecule has 1 aromatic rings. The third-order valence-corrected chi connectivity index (χ3v) is 3.10. The number of anilines is 1.